The molecule has 2 aromatic carbocycles. The highest BCUT2D eigenvalue weighted by molar-refractivity contribution is 5.94. The molecule has 0 radical (unpaired) electrons. The minimum Gasteiger partial charge on any atom is -0.492 e. The SMILES string of the molecule is CN=C(NCCOc1ccc2c(c1)CCC(=O)N2)NCc1cccc(C)c1. The third kappa shape index (κ3) is 5.48. The van der Waals surface area contributed by atoms with Crippen LogP contribution in [0, 0.1) is 6.92 Å². The van der Waals surface area contributed by atoms with E-state index < -0.39 is 0 Å². The molecule has 27 heavy (non-hydrogen) atoms. The maximum atomic E-state index is 11.4. The average molecular weight is 366 g/mol. The topological polar surface area (TPSA) is 74.8 Å². The van der Waals surface area contributed by atoms with E-state index in [9.17, 15) is 4.79 Å². The molecular weight excluding hydrogens is 340 g/mol. The quantitative estimate of drug-likeness (QED) is 0.417. The molecule has 0 aliphatic carbocycles. The van der Waals surface area contributed by atoms with Crippen LogP contribution < -0.4 is 20.7 Å². The van der Waals surface area contributed by atoms with E-state index in [-0.39, 0.29) is 5.91 Å². The highest BCUT2D eigenvalue weighted by Gasteiger charge is 2.14. The fraction of sp³-hybridized carbons (Fsp3) is 0.333. The van der Waals surface area contributed by atoms with Gasteiger partial charge in [0.15, 0.2) is 5.96 Å². The van der Waals surface area contributed by atoms with Crippen molar-refractivity contribution in [3.05, 3.63) is 59.2 Å². The molecule has 142 valence electrons. The second-order valence-corrected chi connectivity index (χ2v) is 6.56. The van der Waals surface area contributed by atoms with E-state index >= 15 is 0 Å². The first-order valence-electron chi connectivity index (χ1n) is 9.19. The fourth-order valence-electron chi connectivity index (χ4n) is 3.02. The molecule has 3 N–H and O–H groups in total. The van der Waals surface area contributed by atoms with Crippen LogP contribution in [0.1, 0.15) is 23.1 Å². The number of ether oxygens (including phenoxy) is 1. The summed E-state index contributed by atoms with van der Waals surface area (Å²) in [4.78, 5) is 15.6. The van der Waals surface area contributed by atoms with Crippen LogP contribution in [0.2, 0.25) is 0 Å². The normalized spacial score (nSPS) is 13.6. The monoisotopic (exact) mass is 366 g/mol. The number of benzene rings is 2. The third-order valence-corrected chi connectivity index (χ3v) is 4.40. The lowest BCUT2D eigenvalue weighted by atomic mass is 10.0. The lowest BCUT2D eigenvalue weighted by molar-refractivity contribution is -0.116. The van der Waals surface area contributed by atoms with Gasteiger partial charge in [0.25, 0.3) is 0 Å². The Kier molecular flexibility index (Phi) is 6.30. The number of amides is 1. The lowest BCUT2D eigenvalue weighted by Gasteiger charge is -2.18. The van der Waals surface area contributed by atoms with Crippen LogP contribution in [0.4, 0.5) is 5.69 Å². The number of hydrogen-bond donors (Lipinski definition) is 3. The number of carbonyl (C=O) groups excluding carboxylic acids is 1. The maximum absolute atomic E-state index is 11.4. The summed E-state index contributed by atoms with van der Waals surface area (Å²) in [6.07, 6.45) is 1.28. The molecule has 6 nitrogen and oxygen atoms in total. The molecule has 6 heteroatoms. The van der Waals surface area contributed by atoms with Crippen molar-refractivity contribution < 1.29 is 9.53 Å². The Hall–Kier alpha value is -3.02. The Morgan fingerprint density at radius 1 is 1.19 bits per heavy atom. The smallest absolute Gasteiger partial charge is 0.224 e. The molecule has 3 rings (SSSR count). The second kappa shape index (κ2) is 9.07. The molecule has 1 amide bonds. The fourth-order valence-corrected chi connectivity index (χ4v) is 3.02. The van der Waals surface area contributed by atoms with Gasteiger partial charge >= 0.3 is 0 Å². The number of guanidine groups is 1. The van der Waals surface area contributed by atoms with Gasteiger partial charge in [0.2, 0.25) is 5.91 Å². The number of rotatable bonds is 6. The number of aryl methyl sites for hydroxylation is 2. The molecular formula is C21H26N4O2. The summed E-state index contributed by atoms with van der Waals surface area (Å²) in [6, 6.07) is 14.2. The minimum absolute atomic E-state index is 0.0740. The zero-order valence-electron chi connectivity index (χ0n) is 15.8. The molecule has 2 aromatic rings. The van der Waals surface area contributed by atoms with E-state index in [0.717, 1.165) is 35.9 Å². The van der Waals surface area contributed by atoms with Gasteiger partial charge in [0.05, 0.1) is 6.54 Å². The molecule has 0 unspecified atom stereocenters. The Labute approximate surface area is 160 Å². The van der Waals surface area contributed by atoms with E-state index in [4.69, 9.17) is 4.74 Å². The summed E-state index contributed by atoms with van der Waals surface area (Å²) >= 11 is 0. The summed E-state index contributed by atoms with van der Waals surface area (Å²) < 4.78 is 5.81. The van der Waals surface area contributed by atoms with Gasteiger partial charge in [0.1, 0.15) is 12.4 Å². The lowest BCUT2D eigenvalue weighted by Crippen LogP contribution is -2.38. The van der Waals surface area contributed by atoms with Gasteiger partial charge in [-0.05, 0) is 42.7 Å². The molecule has 0 spiro atoms. The molecule has 1 aliphatic heterocycles. The molecule has 0 bridgehead atoms. The molecule has 0 saturated heterocycles. The largest absolute Gasteiger partial charge is 0.492 e. The first kappa shape index (κ1) is 18.8. The van der Waals surface area contributed by atoms with Crippen LogP contribution in [-0.2, 0) is 17.8 Å². The molecule has 0 saturated carbocycles. The third-order valence-electron chi connectivity index (χ3n) is 4.40. The highest BCUT2D eigenvalue weighted by atomic mass is 16.5. The number of anilines is 1. The number of carbonyl (C=O) groups is 1. The van der Waals surface area contributed by atoms with E-state index in [2.05, 4.69) is 52.1 Å². The summed E-state index contributed by atoms with van der Waals surface area (Å²) in [7, 11) is 1.75. The molecule has 0 aromatic heterocycles. The molecule has 0 fully saturated rings. The van der Waals surface area contributed by atoms with E-state index in [1.807, 2.05) is 18.2 Å². The second-order valence-electron chi connectivity index (χ2n) is 6.56. The molecule has 0 atom stereocenters. The van der Waals surface area contributed by atoms with Crippen molar-refractivity contribution >= 4 is 17.6 Å². The van der Waals surface area contributed by atoms with Crippen molar-refractivity contribution in [1.29, 1.82) is 0 Å². The van der Waals surface area contributed by atoms with Crippen molar-refractivity contribution in [2.24, 2.45) is 4.99 Å². The van der Waals surface area contributed by atoms with Crippen molar-refractivity contribution in [1.82, 2.24) is 10.6 Å². The zero-order chi connectivity index (χ0) is 19.1. The van der Waals surface area contributed by atoms with Gasteiger partial charge < -0.3 is 20.7 Å². The predicted molar refractivity (Wildman–Crippen MR) is 108 cm³/mol. The minimum atomic E-state index is 0.0740. The summed E-state index contributed by atoms with van der Waals surface area (Å²) in [5, 5.41) is 9.43. The van der Waals surface area contributed by atoms with Crippen LogP contribution >= 0.6 is 0 Å². The summed E-state index contributed by atoms with van der Waals surface area (Å²) in [5.74, 6) is 1.63. The van der Waals surface area contributed by atoms with Gasteiger partial charge in [0, 0.05) is 25.7 Å². The Morgan fingerprint density at radius 3 is 2.89 bits per heavy atom. The zero-order valence-corrected chi connectivity index (χ0v) is 15.8. The summed E-state index contributed by atoms with van der Waals surface area (Å²) in [5.41, 5.74) is 4.47. The first-order chi connectivity index (χ1) is 13.1. The Balaban J connectivity index is 1.41. The standard InChI is InChI=1S/C21H26N4O2/c1-15-4-3-5-16(12-15)14-24-21(22-2)23-10-11-27-18-7-8-19-17(13-18)6-9-20(26)25-19/h3-5,7-8,12-13H,6,9-11,14H2,1-2H3,(H,25,26)(H2,22,23,24). The number of hydrogen-bond acceptors (Lipinski definition) is 3. The van der Waals surface area contributed by atoms with Gasteiger partial charge in [-0.1, -0.05) is 29.8 Å². The van der Waals surface area contributed by atoms with Gasteiger partial charge in [-0.25, -0.2) is 0 Å². The number of nitrogens with zero attached hydrogens (tertiary/aromatic N) is 1. The van der Waals surface area contributed by atoms with Crippen LogP contribution in [0.15, 0.2) is 47.5 Å². The predicted octanol–water partition coefficient (Wildman–Crippen LogP) is 2.62. The average Bonchev–Trinajstić information content (AvgIpc) is 2.67. The number of nitrogens with one attached hydrogen (secondary N) is 3. The molecule has 1 aliphatic rings. The molecule has 1 heterocycles. The summed E-state index contributed by atoms with van der Waals surface area (Å²) in [6.45, 7) is 3.97. The van der Waals surface area contributed by atoms with Crippen LogP contribution in [0.3, 0.4) is 0 Å². The maximum Gasteiger partial charge on any atom is 0.224 e. The first-order valence-corrected chi connectivity index (χ1v) is 9.19. The van der Waals surface area contributed by atoms with Crippen LogP contribution in [-0.4, -0.2) is 32.1 Å². The van der Waals surface area contributed by atoms with Crippen molar-refractivity contribution in [2.75, 3.05) is 25.5 Å². The number of aliphatic imine (C=N–C) groups is 1. The van der Waals surface area contributed by atoms with Crippen molar-refractivity contribution in [2.45, 2.75) is 26.3 Å². The highest BCUT2D eigenvalue weighted by Crippen LogP contribution is 2.26. The van der Waals surface area contributed by atoms with Gasteiger partial charge in [-0.2, -0.15) is 0 Å². The Bertz CT molecular complexity index is 833. The van der Waals surface area contributed by atoms with Crippen molar-refractivity contribution in [3.8, 4) is 5.75 Å². The van der Waals surface area contributed by atoms with E-state index in [1.165, 1.54) is 11.1 Å². The van der Waals surface area contributed by atoms with E-state index in [1.54, 1.807) is 7.05 Å². The Morgan fingerprint density at radius 2 is 2.07 bits per heavy atom. The van der Waals surface area contributed by atoms with E-state index in [0.29, 0.717) is 19.6 Å². The number of fused-ring (bicyclic) bond motifs is 1. The van der Waals surface area contributed by atoms with Gasteiger partial charge in [-0.3, -0.25) is 9.79 Å². The van der Waals surface area contributed by atoms with Crippen LogP contribution in [0.5, 0.6) is 5.75 Å². The van der Waals surface area contributed by atoms with Gasteiger partial charge in [-0.15, -0.1) is 0 Å². The van der Waals surface area contributed by atoms with Crippen molar-refractivity contribution in [3.63, 3.8) is 0 Å². The van der Waals surface area contributed by atoms with Crippen LogP contribution in [0.25, 0.3) is 0 Å².